The molecule has 1 heterocycles. The van der Waals surface area contributed by atoms with E-state index >= 15 is 0 Å². The van der Waals surface area contributed by atoms with Crippen LogP contribution >= 0.6 is 34.2 Å². The van der Waals surface area contributed by atoms with Crippen molar-refractivity contribution in [3.8, 4) is 0 Å². The lowest BCUT2D eigenvalue weighted by atomic mass is 10.3. The summed E-state index contributed by atoms with van der Waals surface area (Å²) in [5, 5.41) is 2.63. The number of fused-ring (bicyclic) bond motifs is 1. The van der Waals surface area contributed by atoms with Crippen molar-refractivity contribution in [1.82, 2.24) is 14.9 Å². The minimum atomic E-state index is -0.164. The Balaban J connectivity index is 2.37. The number of nitrogens with zero attached hydrogens (tertiary/aromatic N) is 2. The van der Waals surface area contributed by atoms with Crippen LogP contribution in [-0.2, 0) is 11.3 Å². The van der Waals surface area contributed by atoms with Gasteiger partial charge in [-0.3, -0.25) is 4.79 Å². The highest BCUT2D eigenvalue weighted by Gasteiger charge is 2.14. The van der Waals surface area contributed by atoms with Crippen molar-refractivity contribution in [3.63, 3.8) is 0 Å². The quantitative estimate of drug-likeness (QED) is 0.643. The molecule has 0 spiro atoms. The van der Waals surface area contributed by atoms with Crippen molar-refractivity contribution in [3.05, 3.63) is 27.6 Å². The maximum Gasteiger partial charge on any atom is 0.216 e. The molecule has 19 heavy (non-hydrogen) atoms. The molecule has 1 atom stereocenters. The molecule has 0 fully saturated rings. The van der Waals surface area contributed by atoms with Crippen molar-refractivity contribution in [1.29, 1.82) is 0 Å². The Kier molecular flexibility index (Phi) is 4.67. The summed E-state index contributed by atoms with van der Waals surface area (Å²) < 4.78 is 3.21. The Labute approximate surface area is 130 Å². The highest BCUT2D eigenvalue weighted by molar-refractivity contribution is 14.1. The number of alkyl halides is 1. The number of benzene rings is 1. The molecule has 0 radical (unpaired) electrons. The number of imidazole rings is 1. The molecule has 0 aliphatic carbocycles. The third kappa shape index (κ3) is 3.39. The van der Waals surface area contributed by atoms with Gasteiger partial charge in [-0.25, -0.2) is 4.98 Å². The van der Waals surface area contributed by atoms with Gasteiger partial charge in [0.2, 0.25) is 5.91 Å². The van der Waals surface area contributed by atoms with Gasteiger partial charge in [0.25, 0.3) is 0 Å². The molecular weight excluding hydrogens is 377 g/mol. The molecule has 2 rings (SSSR count). The van der Waals surface area contributed by atoms with Crippen molar-refractivity contribution in [2.75, 3.05) is 6.54 Å². The molecule has 0 aliphatic rings. The molecule has 1 aromatic carbocycles. The summed E-state index contributed by atoms with van der Waals surface area (Å²) in [5.41, 5.74) is 1.99. The van der Waals surface area contributed by atoms with E-state index in [1.165, 1.54) is 6.92 Å². The van der Waals surface area contributed by atoms with Crippen molar-refractivity contribution in [2.24, 2.45) is 0 Å². The fourth-order valence-electron chi connectivity index (χ4n) is 2.00. The Bertz CT molecular complexity index is 609. The zero-order valence-electron chi connectivity index (χ0n) is 10.8. The summed E-state index contributed by atoms with van der Waals surface area (Å²) in [5.74, 6) is 0.809. The maximum absolute atomic E-state index is 10.9. The molecule has 1 N–H and O–H groups in total. The number of nitrogens with one attached hydrogen (secondary N) is 1. The van der Waals surface area contributed by atoms with E-state index in [2.05, 4.69) is 37.5 Å². The van der Waals surface area contributed by atoms with Crippen LogP contribution in [0.5, 0.6) is 0 Å². The smallest absolute Gasteiger partial charge is 0.216 e. The van der Waals surface area contributed by atoms with Gasteiger partial charge in [-0.2, -0.15) is 0 Å². The first-order valence-electron chi connectivity index (χ1n) is 6.03. The lowest BCUT2D eigenvalue weighted by Gasteiger charge is -2.10. The number of amides is 1. The van der Waals surface area contributed by atoms with Gasteiger partial charge in [0.05, 0.1) is 16.4 Å². The van der Waals surface area contributed by atoms with Crippen LogP contribution in [0.25, 0.3) is 11.0 Å². The molecule has 2 aromatic rings. The molecular formula is C13H15ClIN3O. The fourth-order valence-corrected chi connectivity index (χ4v) is 2.65. The Hall–Kier alpha value is -0.820. The summed E-state index contributed by atoms with van der Waals surface area (Å²) in [7, 11) is 0. The predicted molar refractivity (Wildman–Crippen MR) is 85.4 cm³/mol. The van der Waals surface area contributed by atoms with Gasteiger partial charge < -0.3 is 9.88 Å². The molecule has 6 heteroatoms. The standard InChI is InChI=1S/C13H15ClIN3O/c1-8(14)13-17-11-7-10(15)3-4-12(11)18(13)6-5-16-9(2)19/h3-4,7-8H,5-6H2,1-2H3,(H,16,19). The third-order valence-electron chi connectivity index (χ3n) is 2.80. The summed E-state index contributed by atoms with van der Waals surface area (Å²) in [6.45, 7) is 4.66. The Morgan fingerprint density at radius 3 is 2.95 bits per heavy atom. The summed E-state index contributed by atoms with van der Waals surface area (Å²) in [6.07, 6.45) is 0. The van der Waals surface area contributed by atoms with Gasteiger partial charge in [0.1, 0.15) is 5.82 Å². The Morgan fingerprint density at radius 1 is 1.58 bits per heavy atom. The van der Waals surface area contributed by atoms with Crippen LogP contribution < -0.4 is 5.32 Å². The molecule has 102 valence electrons. The predicted octanol–water partition coefficient (Wildman–Crippen LogP) is 3.08. The highest BCUT2D eigenvalue weighted by Crippen LogP contribution is 2.25. The van der Waals surface area contributed by atoms with Crippen molar-refractivity contribution < 1.29 is 4.79 Å². The molecule has 0 saturated heterocycles. The van der Waals surface area contributed by atoms with Crippen LogP contribution in [0.2, 0.25) is 0 Å². The lowest BCUT2D eigenvalue weighted by molar-refractivity contribution is -0.118. The van der Waals surface area contributed by atoms with Crippen molar-refractivity contribution >= 4 is 51.1 Å². The number of halogens is 2. The molecule has 1 amide bonds. The third-order valence-corrected chi connectivity index (χ3v) is 3.67. The average Bonchev–Trinajstić information content (AvgIpc) is 2.67. The molecule has 1 aromatic heterocycles. The summed E-state index contributed by atoms with van der Waals surface area (Å²) >= 11 is 8.45. The van der Waals surface area contributed by atoms with Gasteiger partial charge in [-0.15, -0.1) is 11.6 Å². The van der Waals surface area contributed by atoms with E-state index in [0.29, 0.717) is 13.1 Å². The maximum atomic E-state index is 10.9. The minimum absolute atomic E-state index is 0.0283. The normalized spacial score (nSPS) is 12.6. The van der Waals surface area contributed by atoms with E-state index in [4.69, 9.17) is 11.6 Å². The van der Waals surface area contributed by atoms with Crippen molar-refractivity contribution in [2.45, 2.75) is 25.8 Å². The first-order valence-corrected chi connectivity index (χ1v) is 7.54. The number of hydrogen-bond acceptors (Lipinski definition) is 2. The first kappa shape index (κ1) is 14.6. The topological polar surface area (TPSA) is 46.9 Å². The van der Waals surface area contributed by atoms with E-state index in [1.54, 1.807) is 0 Å². The zero-order valence-corrected chi connectivity index (χ0v) is 13.7. The van der Waals surface area contributed by atoms with E-state index < -0.39 is 0 Å². The van der Waals surface area contributed by atoms with Crippen LogP contribution in [0.4, 0.5) is 0 Å². The van der Waals surface area contributed by atoms with Crippen LogP contribution in [0.15, 0.2) is 18.2 Å². The average molecular weight is 392 g/mol. The summed E-state index contributed by atoms with van der Waals surface area (Å²) in [4.78, 5) is 15.5. The molecule has 0 aliphatic heterocycles. The number of carbonyl (C=O) groups is 1. The second kappa shape index (κ2) is 6.09. The van der Waals surface area contributed by atoms with Crippen LogP contribution in [0.3, 0.4) is 0 Å². The number of aromatic nitrogens is 2. The molecule has 1 unspecified atom stereocenters. The van der Waals surface area contributed by atoms with E-state index in [-0.39, 0.29) is 11.3 Å². The fraction of sp³-hybridized carbons (Fsp3) is 0.385. The first-order chi connectivity index (χ1) is 8.99. The van der Waals surface area contributed by atoms with Crippen LogP contribution in [0.1, 0.15) is 25.0 Å². The van der Waals surface area contributed by atoms with E-state index in [1.807, 2.05) is 25.1 Å². The molecule has 0 saturated carbocycles. The minimum Gasteiger partial charge on any atom is -0.355 e. The highest BCUT2D eigenvalue weighted by atomic mass is 127. The lowest BCUT2D eigenvalue weighted by Crippen LogP contribution is -2.25. The number of hydrogen-bond donors (Lipinski definition) is 1. The van der Waals surface area contributed by atoms with Gasteiger partial charge in [-0.05, 0) is 47.7 Å². The van der Waals surface area contributed by atoms with E-state index in [9.17, 15) is 4.79 Å². The van der Waals surface area contributed by atoms with Crippen LogP contribution in [-0.4, -0.2) is 22.0 Å². The zero-order chi connectivity index (χ0) is 14.0. The van der Waals surface area contributed by atoms with E-state index in [0.717, 1.165) is 20.4 Å². The number of carbonyl (C=O) groups excluding carboxylic acids is 1. The van der Waals surface area contributed by atoms with Gasteiger partial charge >= 0.3 is 0 Å². The SMILES string of the molecule is CC(=O)NCCn1c(C(C)Cl)nc2cc(I)ccc21. The monoisotopic (exact) mass is 391 g/mol. The van der Waals surface area contributed by atoms with Crippen LogP contribution in [0, 0.1) is 3.57 Å². The van der Waals surface area contributed by atoms with Gasteiger partial charge in [-0.1, -0.05) is 0 Å². The Morgan fingerprint density at radius 2 is 2.32 bits per heavy atom. The number of rotatable bonds is 4. The molecule has 4 nitrogen and oxygen atoms in total. The van der Waals surface area contributed by atoms with Gasteiger partial charge in [0.15, 0.2) is 0 Å². The second-order valence-electron chi connectivity index (χ2n) is 4.35. The summed E-state index contributed by atoms with van der Waals surface area (Å²) in [6, 6.07) is 6.12. The largest absolute Gasteiger partial charge is 0.355 e. The molecule has 0 bridgehead atoms. The second-order valence-corrected chi connectivity index (χ2v) is 6.25. The van der Waals surface area contributed by atoms with Gasteiger partial charge in [0, 0.05) is 23.6 Å².